The molecule has 0 amide bonds. The van der Waals surface area contributed by atoms with Crippen molar-refractivity contribution < 1.29 is 14.6 Å². The van der Waals surface area contributed by atoms with E-state index in [0.717, 1.165) is 17.9 Å². The molecule has 1 atom stereocenters. The third kappa shape index (κ3) is 9.56. The molecule has 3 nitrogen and oxygen atoms in total. The lowest BCUT2D eigenvalue weighted by molar-refractivity contribution is 0.0773. The molecule has 76 valence electrons. The molecule has 0 saturated heterocycles. The van der Waals surface area contributed by atoms with Crippen molar-refractivity contribution in [1.82, 2.24) is 0 Å². The van der Waals surface area contributed by atoms with E-state index in [4.69, 9.17) is 16.7 Å². The van der Waals surface area contributed by atoms with E-state index < -0.39 is 11.7 Å². The summed E-state index contributed by atoms with van der Waals surface area (Å²) < 4.78 is 4.31. The van der Waals surface area contributed by atoms with Gasteiger partial charge in [-0.25, -0.2) is 4.79 Å². The van der Waals surface area contributed by atoms with Gasteiger partial charge in [0.15, 0.2) is 5.56 Å². The Balaban J connectivity index is 3.21. The molecule has 0 aromatic heterocycles. The number of ether oxygens (including phenoxy) is 1. The molecule has 1 unspecified atom stereocenters. The molecule has 0 saturated carbocycles. The topological polar surface area (TPSA) is 46.5 Å². The lowest BCUT2D eigenvalue weighted by Crippen LogP contribution is -2.10. The molecule has 0 heterocycles. The molecule has 0 rings (SSSR count). The van der Waals surface area contributed by atoms with Crippen LogP contribution in [0.2, 0.25) is 0 Å². The van der Waals surface area contributed by atoms with Crippen molar-refractivity contribution in [2.75, 3.05) is 11.5 Å². The first-order valence-corrected chi connectivity index (χ1v) is 5.48. The van der Waals surface area contributed by atoms with Gasteiger partial charge in [-0.2, -0.15) is 11.8 Å². The molecule has 1 N–H and O–H groups in total. The summed E-state index contributed by atoms with van der Waals surface area (Å²) in [5.74, 6) is 1.85. The minimum Gasteiger partial charge on any atom is -0.450 e. The van der Waals surface area contributed by atoms with Crippen LogP contribution in [0, 0.1) is 0 Å². The second-order valence-corrected chi connectivity index (χ2v) is 3.94. The Hall–Kier alpha value is -0.350. The SMILES string of the molecule is C=CCSCCCC(Cl)OC(=O)O. The summed E-state index contributed by atoms with van der Waals surface area (Å²) in [6.45, 7) is 3.58. The molecule has 0 fully saturated rings. The summed E-state index contributed by atoms with van der Waals surface area (Å²) in [5.41, 5.74) is -0.721. The van der Waals surface area contributed by atoms with Gasteiger partial charge in [-0.15, -0.1) is 6.58 Å². The molecule has 0 aliphatic carbocycles. The van der Waals surface area contributed by atoms with Crippen LogP contribution in [-0.2, 0) is 4.74 Å². The Labute approximate surface area is 87.1 Å². The molecule has 0 aliphatic heterocycles. The van der Waals surface area contributed by atoms with Crippen molar-refractivity contribution in [2.24, 2.45) is 0 Å². The lowest BCUT2D eigenvalue weighted by atomic mass is 10.3. The van der Waals surface area contributed by atoms with Crippen LogP contribution in [0.25, 0.3) is 0 Å². The Morgan fingerprint density at radius 2 is 2.46 bits per heavy atom. The predicted octanol–water partition coefficient (Wildman–Crippen LogP) is 2.95. The zero-order chi connectivity index (χ0) is 10.1. The van der Waals surface area contributed by atoms with E-state index in [9.17, 15) is 4.79 Å². The fourth-order valence-corrected chi connectivity index (χ4v) is 1.62. The summed E-state index contributed by atoms with van der Waals surface area (Å²) in [6.07, 6.45) is 1.91. The first-order chi connectivity index (χ1) is 6.16. The average Bonchev–Trinajstić information content (AvgIpc) is 2.02. The number of hydrogen-bond donors (Lipinski definition) is 1. The number of thioether (sulfide) groups is 1. The van der Waals surface area contributed by atoms with Gasteiger partial charge in [-0.1, -0.05) is 17.7 Å². The van der Waals surface area contributed by atoms with Gasteiger partial charge < -0.3 is 9.84 Å². The Morgan fingerprint density at radius 3 is 3.00 bits per heavy atom. The normalized spacial score (nSPS) is 12.1. The second kappa shape index (κ2) is 8.26. The van der Waals surface area contributed by atoms with Gasteiger partial charge in [0.1, 0.15) is 0 Å². The average molecular weight is 225 g/mol. The van der Waals surface area contributed by atoms with Gasteiger partial charge in [-0.3, -0.25) is 0 Å². The van der Waals surface area contributed by atoms with Gasteiger partial charge in [-0.05, 0) is 18.6 Å². The molecule has 0 aliphatic rings. The van der Waals surface area contributed by atoms with Gasteiger partial charge in [0.05, 0.1) is 0 Å². The third-order valence-corrected chi connectivity index (χ3v) is 2.54. The molecular formula is C8H13ClO3S. The van der Waals surface area contributed by atoms with Crippen LogP contribution >= 0.6 is 23.4 Å². The van der Waals surface area contributed by atoms with Crippen LogP contribution in [-0.4, -0.2) is 28.3 Å². The minimum atomic E-state index is -1.32. The molecule has 0 aromatic rings. The summed E-state index contributed by atoms with van der Waals surface area (Å²) >= 11 is 7.29. The van der Waals surface area contributed by atoms with E-state index in [-0.39, 0.29) is 0 Å². The Morgan fingerprint density at radius 1 is 1.77 bits per heavy atom. The minimum absolute atomic E-state index is 0.554. The monoisotopic (exact) mass is 224 g/mol. The fraction of sp³-hybridized carbons (Fsp3) is 0.625. The van der Waals surface area contributed by atoms with Crippen LogP contribution in [0.1, 0.15) is 12.8 Å². The van der Waals surface area contributed by atoms with E-state index in [1.807, 2.05) is 6.08 Å². The highest BCUT2D eigenvalue weighted by molar-refractivity contribution is 7.99. The Bertz CT molecular complexity index is 163. The third-order valence-electron chi connectivity index (χ3n) is 1.18. The van der Waals surface area contributed by atoms with Crippen LogP contribution in [0.15, 0.2) is 12.7 Å². The smallest absolute Gasteiger partial charge is 0.450 e. The molecular weight excluding hydrogens is 212 g/mol. The maximum Gasteiger partial charge on any atom is 0.507 e. The van der Waals surface area contributed by atoms with Crippen LogP contribution in [0.4, 0.5) is 4.79 Å². The summed E-state index contributed by atoms with van der Waals surface area (Å²) in [5, 5.41) is 8.20. The summed E-state index contributed by atoms with van der Waals surface area (Å²) in [7, 11) is 0. The van der Waals surface area contributed by atoms with Crippen molar-refractivity contribution >= 4 is 29.5 Å². The van der Waals surface area contributed by atoms with Crippen molar-refractivity contribution in [3.8, 4) is 0 Å². The summed E-state index contributed by atoms with van der Waals surface area (Å²) in [6, 6.07) is 0. The zero-order valence-corrected chi connectivity index (χ0v) is 8.81. The van der Waals surface area contributed by atoms with Gasteiger partial charge in [0.2, 0.25) is 0 Å². The van der Waals surface area contributed by atoms with E-state index in [2.05, 4.69) is 11.3 Å². The maximum atomic E-state index is 10.0. The van der Waals surface area contributed by atoms with Crippen molar-refractivity contribution in [3.05, 3.63) is 12.7 Å². The number of alkyl halides is 1. The van der Waals surface area contributed by atoms with E-state index in [0.29, 0.717) is 6.42 Å². The largest absolute Gasteiger partial charge is 0.507 e. The highest BCUT2D eigenvalue weighted by atomic mass is 35.5. The number of halogens is 1. The van der Waals surface area contributed by atoms with Crippen molar-refractivity contribution in [1.29, 1.82) is 0 Å². The van der Waals surface area contributed by atoms with Gasteiger partial charge in [0.25, 0.3) is 0 Å². The van der Waals surface area contributed by atoms with Crippen LogP contribution in [0.5, 0.6) is 0 Å². The molecule has 0 radical (unpaired) electrons. The van der Waals surface area contributed by atoms with E-state index in [1.165, 1.54) is 0 Å². The number of carboxylic acid groups (broad SMARTS) is 1. The predicted molar refractivity (Wildman–Crippen MR) is 55.5 cm³/mol. The molecule has 0 bridgehead atoms. The number of rotatable bonds is 7. The van der Waals surface area contributed by atoms with E-state index in [1.54, 1.807) is 11.8 Å². The molecule has 5 heteroatoms. The standard InChI is InChI=1S/C8H13ClO3S/c1-2-5-13-6-3-4-7(9)12-8(10)11/h2,7H,1,3-6H2,(H,10,11). The fourth-order valence-electron chi connectivity index (χ4n) is 0.681. The molecule has 0 spiro atoms. The van der Waals surface area contributed by atoms with Crippen LogP contribution in [0.3, 0.4) is 0 Å². The van der Waals surface area contributed by atoms with Crippen molar-refractivity contribution in [2.45, 2.75) is 18.4 Å². The lowest BCUT2D eigenvalue weighted by Gasteiger charge is -2.07. The first kappa shape index (κ1) is 12.7. The second-order valence-electron chi connectivity index (χ2n) is 2.30. The van der Waals surface area contributed by atoms with Crippen LogP contribution < -0.4 is 0 Å². The van der Waals surface area contributed by atoms with Crippen molar-refractivity contribution in [3.63, 3.8) is 0 Å². The maximum absolute atomic E-state index is 10.0. The van der Waals surface area contributed by atoms with Gasteiger partial charge in [0, 0.05) is 5.75 Å². The van der Waals surface area contributed by atoms with E-state index >= 15 is 0 Å². The Kier molecular flexibility index (Phi) is 8.04. The van der Waals surface area contributed by atoms with Gasteiger partial charge >= 0.3 is 6.16 Å². The highest BCUT2D eigenvalue weighted by Gasteiger charge is 2.08. The zero-order valence-electron chi connectivity index (χ0n) is 7.24. The number of carbonyl (C=O) groups is 1. The summed E-state index contributed by atoms with van der Waals surface area (Å²) in [4.78, 5) is 10.0. The first-order valence-electron chi connectivity index (χ1n) is 3.89. The highest BCUT2D eigenvalue weighted by Crippen LogP contribution is 2.11. The molecule has 13 heavy (non-hydrogen) atoms. The number of hydrogen-bond acceptors (Lipinski definition) is 3. The molecule has 0 aromatic carbocycles. The quantitative estimate of drug-likeness (QED) is 0.313.